The van der Waals surface area contributed by atoms with Gasteiger partial charge in [-0.15, -0.1) is 0 Å². The highest BCUT2D eigenvalue weighted by molar-refractivity contribution is 5.37. The summed E-state index contributed by atoms with van der Waals surface area (Å²) < 4.78 is 5.51. The average molecular weight is 386 g/mol. The van der Waals surface area contributed by atoms with Crippen LogP contribution in [-0.2, 0) is 4.74 Å². The van der Waals surface area contributed by atoms with Crippen molar-refractivity contribution >= 4 is 0 Å². The molecule has 4 atom stereocenters. The lowest BCUT2D eigenvalue weighted by Crippen LogP contribution is -2.39. The summed E-state index contributed by atoms with van der Waals surface area (Å²) in [5.74, 6) is 1.62. The van der Waals surface area contributed by atoms with E-state index >= 15 is 0 Å². The number of aliphatic hydroxyl groups is 1. The second-order valence-electron chi connectivity index (χ2n) is 9.80. The number of fused-ring (bicyclic) bond motifs is 1. The van der Waals surface area contributed by atoms with Crippen molar-refractivity contribution in [3.63, 3.8) is 0 Å². The monoisotopic (exact) mass is 385 g/mol. The van der Waals surface area contributed by atoms with E-state index in [0.717, 1.165) is 63.0 Å². The summed E-state index contributed by atoms with van der Waals surface area (Å²) in [6.45, 7) is 12.0. The Labute approximate surface area is 171 Å². The number of hydrogen-bond donors (Lipinski definition) is 1. The highest BCUT2D eigenvalue weighted by Crippen LogP contribution is 2.58. The van der Waals surface area contributed by atoms with Gasteiger partial charge in [0.25, 0.3) is 0 Å². The minimum Gasteiger partial charge on any atom is -0.388 e. The van der Waals surface area contributed by atoms with E-state index in [4.69, 9.17) is 4.74 Å². The molecule has 3 aliphatic carbocycles. The van der Waals surface area contributed by atoms with Crippen molar-refractivity contribution in [3.05, 3.63) is 35.5 Å². The molecule has 1 aliphatic heterocycles. The van der Waals surface area contributed by atoms with Crippen molar-refractivity contribution in [1.29, 1.82) is 0 Å². The van der Waals surface area contributed by atoms with Crippen LogP contribution in [0.3, 0.4) is 0 Å². The molecular weight excluding hydrogens is 346 g/mol. The Kier molecular flexibility index (Phi) is 6.44. The van der Waals surface area contributed by atoms with E-state index in [9.17, 15) is 5.11 Å². The zero-order chi connectivity index (χ0) is 19.6. The van der Waals surface area contributed by atoms with Crippen LogP contribution in [0.1, 0.15) is 64.7 Å². The van der Waals surface area contributed by atoms with Crippen LogP contribution in [0.4, 0.5) is 0 Å². The van der Waals surface area contributed by atoms with E-state index < -0.39 is 0 Å². The quantitative estimate of drug-likeness (QED) is 0.749. The van der Waals surface area contributed by atoms with Gasteiger partial charge in [0, 0.05) is 13.1 Å². The highest BCUT2D eigenvalue weighted by Gasteiger charge is 2.48. The van der Waals surface area contributed by atoms with E-state index in [1.165, 1.54) is 50.6 Å². The Morgan fingerprint density at radius 1 is 1.14 bits per heavy atom. The number of allylic oxidation sites excluding steroid dienone is 3. The summed E-state index contributed by atoms with van der Waals surface area (Å²) in [6, 6.07) is 0. The third-order valence-corrected chi connectivity index (χ3v) is 8.30. The largest absolute Gasteiger partial charge is 0.388 e. The zero-order valence-electron chi connectivity index (χ0n) is 17.8. The zero-order valence-corrected chi connectivity index (χ0v) is 17.8. The second kappa shape index (κ2) is 8.85. The molecule has 3 nitrogen and oxygen atoms in total. The Bertz CT molecular complexity index is 630. The lowest BCUT2D eigenvalue weighted by Gasteiger charge is -2.43. The van der Waals surface area contributed by atoms with Crippen LogP contribution in [0.25, 0.3) is 0 Å². The number of rotatable bonds is 4. The Morgan fingerprint density at radius 3 is 2.79 bits per heavy atom. The van der Waals surface area contributed by atoms with E-state index in [1.54, 1.807) is 5.57 Å². The molecule has 4 aliphatic rings. The molecule has 0 spiro atoms. The van der Waals surface area contributed by atoms with Gasteiger partial charge in [0.2, 0.25) is 0 Å². The van der Waals surface area contributed by atoms with Gasteiger partial charge in [-0.05, 0) is 92.7 Å². The van der Waals surface area contributed by atoms with Crippen molar-refractivity contribution in [2.45, 2.75) is 70.8 Å². The number of morpholine rings is 1. The molecule has 1 heterocycles. The molecule has 0 radical (unpaired) electrons. The Hall–Kier alpha value is -0.900. The fourth-order valence-corrected chi connectivity index (χ4v) is 6.42. The van der Waals surface area contributed by atoms with Gasteiger partial charge >= 0.3 is 0 Å². The van der Waals surface area contributed by atoms with Gasteiger partial charge in [0.05, 0.1) is 19.3 Å². The first kappa shape index (κ1) is 20.4. The van der Waals surface area contributed by atoms with E-state index in [0.29, 0.717) is 5.41 Å². The number of hydrogen-bond acceptors (Lipinski definition) is 3. The van der Waals surface area contributed by atoms with Gasteiger partial charge in [-0.1, -0.05) is 31.2 Å². The van der Waals surface area contributed by atoms with Crippen molar-refractivity contribution in [1.82, 2.24) is 4.90 Å². The van der Waals surface area contributed by atoms with Crippen LogP contribution in [0.15, 0.2) is 35.5 Å². The van der Waals surface area contributed by atoms with Gasteiger partial charge in [-0.3, -0.25) is 4.90 Å². The minimum atomic E-state index is -0.328. The summed E-state index contributed by atoms with van der Waals surface area (Å²) in [7, 11) is 0. The molecule has 0 bridgehead atoms. The summed E-state index contributed by atoms with van der Waals surface area (Å²) in [4.78, 5) is 2.60. The van der Waals surface area contributed by atoms with Crippen LogP contribution in [-0.4, -0.2) is 49.0 Å². The normalized spacial score (nSPS) is 40.2. The van der Waals surface area contributed by atoms with Gasteiger partial charge in [0.15, 0.2) is 0 Å². The third kappa shape index (κ3) is 4.17. The molecule has 1 saturated heterocycles. The van der Waals surface area contributed by atoms with E-state index in [2.05, 4.69) is 30.6 Å². The molecule has 1 N–H and O–H groups in total. The van der Waals surface area contributed by atoms with Crippen LogP contribution in [0.5, 0.6) is 0 Å². The maximum absolute atomic E-state index is 10.1. The van der Waals surface area contributed by atoms with Gasteiger partial charge in [0.1, 0.15) is 0 Å². The van der Waals surface area contributed by atoms with E-state index in [-0.39, 0.29) is 6.10 Å². The van der Waals surface area contributed by atoms with Crippen LogP contribution >= 0.6 is 0 Å². The fourth-order valence-electron chi connectivity index (χ4n) is 6.42. The molecule has 28 heavy (non-hydrogen) atoms. The minimum absolute atomic E-state index is 0.328. The van der Waals surface area contributed by atoms with Crippen molar-refractivity contribution in [3.8, 4) is 0 Å². The maximum atomic E-state index is 10.1. The number of aliphatic hydroxyl groups excluding tert-OH is 1. The first-order valence-corrected chi connectivity index (χ1v) is 11.6. The molecule has 3 saturated carbocycles. The molecule has 4 fully saturated rings. The third-order valence-electron chi connectivity index (χ3n) is 8.30. The van der Waals surface area contributed by atoms with Crippen LogP contribution < -0.4 is 0 Å². The maximum Gasteiger partial charge on any atom is 0.0787 e. The standard InChI is InChI=1S/C25H39NO2/c1-19-20(5-3-7-24(19)27)8-9-21-6-4-13-25(2)22(10-11-23(21)25)12-14-26-15-17-28-18-16-26/h8-9,22-24,27H,1,3-7,10-18H2,2H3/b20-8-,21-9+/t22-,23?,24?,25?/m1/s1. The predicted octanol–water partition coefficient (Wildman–Crippen LogP) is 4.88. The average Bonchev–Trinajstić information content (AvgIpc) is 3.05. The smallest absolute Gasteiger partial charge is 0.0787 e. The van der Waals surface area contributed by atoms with Gasteiger partial charge in [-0.2, -0.15) is 0 Å². The first-order chi connectivity index (χ1) is 13.6. The van der Waals surface area contributed by atoms with Gasteiger partial charge < -0.3 is 9.84 Å². The lowest BCUT2D eigenvalue weighted by molar-refractivity contribution is 0.0300. The second-order valence-corrected chi connectivity index (χ2v) is 9.80. The summed E-state index contributed by atoms with van der Waals surface area (Å²) in [6.07, 6.45) is 15.5. The molecule has 0 aromatic rings. The predicted molar refractivity (Wildman–Crippen MR) is 115 cm³/mol. The van der Waals surface area contributed by atoms with Gasteiger partial charge in [-0.25, -0.2) is 0 Å². The van der Waals surface area contributed by atoms with E-state index in [1.807, 2.05) is 0 Å². The molecule has 4 rings (SSSR count). The number of ether oxygens (including phenoxy) is 1. The first-order valence-electron chi connectivity index (χ1n) is 11.6. The molecule has 3 heteroatoms. The number of nitrogens with zero attached hydrogens (tertiary/aromatic N) is 1. The molecule has 3 unspecified atom stereocenters. The fraction of sp³-hybridized carbons (Fsp3) is 0.760. The SMILES string of the molecule is C=C1/C(=C\C=C2/CCCC3(C)C2CC[C@@H]3CCN2CCOCC2)CCCC1O. The molecule has 156 valence electrons. The topological polar surface area (TPSA) is 32.7 Å². The molecule has 0 amide bonds. The van der Waals surface area contributed by atoms with Crippen molar-refractivity contribution < 1.29 is 9.84 Å². The molecule has 0 aromatic carbocycles. The highest BCUT2D eigenvalue weighted by atomic mass is 16.5. The van der Waals surface area contributed by atoms with Crippen LogP contribution in [0, 0.1) is 17.3 Å². The Morgan fingerprint density at radius 2 is 1.96 bits per heavy atom. The van der Waals surface area contributed by atoms with Crippen LogP contribution in [0.2, 0.25) is 0 Å². The summed E-state index contributed by atoms with van der Waals surface area (Å²) in [5, 5.41) is 10.1. The lowest BCUT2D eigenvalue weighted by atomic mass is 9.63. The Balaban J connectivity index is 1.42. The summed E-state index contributed by atoms with van der Waals surface area (Å²) in [5.41, 5.74) is 4.39. The summed E-state index contributed by atoms with van der Waals surface area (Å²) >= 11 is 0. The molecule has 0 aromatic heterocycles. The van der Waals surface area contributed by atoms with Crippen molar-refractivity contribution in [2.24, 2.45) is 17.3 Å². The molecular formula is C25H39NO2. The van der Waals surface area contributed by atoms with Crippen molar-refractivity contribution in [2.75, 3.05) is 32.8 Å².